The molecule has 0 spiro atoms. The number of methoxy groups -OCH3 is 1. The largest absolute Gasteiger partial charge is 0.466 e. The molecule has 0 saturated heterocycles. The first-order valence-corrected chi connectivity index (χ1v) is 7.20. The fourth-order valence-electron chi connectivity index (χ4n) is 2.59. The van der Waals surface area contributed by atoms with Crippen molar-refractivity contribution in [2.24, 2.45) is 11.3 Å². The van der Waals surface area contributed by atoms with Gasteiger partial charge in [0.25, 0.3) is 0 Å². The first-order valence-electron chi connectivity index (χ1n) is 7.20. The number of ether oxygens (including phenoxy) is 3. The highest BCUT2D eigenvalue weighted by Crippen LogP contribution is 2.47. The van der Waals surface area contributed by atoms with Crippen LogP contribution >= 0.6 is 0 Å². The molecular formula is C16H22O6. The van der Waals surface area contributed by atoms with Crippen molar-refractivity contribution < 1.29 is 28.6 Å². The van der Waals surface area contributed by atoms with Crippen LogP contribution in [0.4, 0.5) is 0 Å². The Labute approximate surface area is 130 Å². The zero-order valence-electron chi connectivity index (χ0n) is 13.2. The summed E-state index contributed by atoms with van der Waals surface area (Å²) in [6.45, 7) is 7.37. The number of hydrogen-bond acceptors (Lipinski definition) is 6. The van der Waals surface area contributed by atoms with Gasteiger partial charge in [0.15, 0.2) is 5.41 Å². The van der Waals surface area contributed by atoms with Gasteiger partial charge in [-0.1, -0.05) is 11.6 Å². The second-order valence-corrected chi connectivity index (χ2v) is 4.99. The molecule has 1 saturated carbocycles. The summed E-state index contributed by atoms with van der Waals surface area (Å²) in [5.74, 6) is -2.08. The average Bonchev–Trinajstić information content (AvgIpc) is 2.87. The van der Waals surface area contributed by atoms with Crippen molar-refractivity contribution in [3.05, 3.63) is 24.3 Å². The van der Waals surface area contributed by atoms with Gasteiger partial charge in [0.2, 0.25) is 0 Å². The van der Waals surface area contributed by atoms with E-state index in [-0.39, 0.29) is 32.0 Å². The smallest absolute Gasteiger partial charge is 0.330 e. The van der Waals surface area contributed by atoms with E-state index in [4.69, 9.17) is 9.47 Å². The van der Waals surface area contributed by atoms with E-state index < -0.39 is 23.3 Å². The van der Waals surface area contributed by atoms with Crippen molar-refractivity contribution in [2.45, 2.75) is 26.7 Å². The zero-order valence-corrected chi connectivity index (χ0v) is 13.2. The van der Waals surface area contributed by atoms with Crippen molar-refractivity contribution in [1.82, 2.24) is 0 Å². The molecule has 0 bridgehead atoms. The van der Waals surface area contributed by atoms with Crippen LogP contribution in [0.2, 0.25) is 0 Å². The third kappa shape index (κ3) is 3.55. The van der Waals surface area contributed by atoms with Crippen LogP contribution < -0.4 is 0 Å². The summed E-state index contributed by atoms with van der Waals surface area (Å²) in [5.41, 5.74) is -0.812. The second kappa shape index (κ2) is 7.77. The van der Waals surface area contributed by atoms with E-state index in [1.54, 1.807) is 19.9 Å². The van der Waals surface area contributed by atoms with Gasteiger partial charge < -0.3 is 14.2 Å². The lowest BCUT2D eigenvalue weighted by Crippen LogP contribution is -2.40. The second-order valence-electron chi connectivity index (χ2n) is 4.99. The molecule has 0 unspecified atom stereocenters. The van der Waals surface area contributed by atoms with Crippen molar-refractivity contribution in [2.75, 3.05) is 20.3 Å². The zero-order chi connectivity index (χ0) is 16.8. The van der Waals surface area contributed by atoms with E-state index in [0.29, 0.717) is 5.57 Å². The number of allylic oxidation sites excluding steroid dienone is 2. The van der Waals surface area contributed by atoms with Gasteiger partial charge >= 0.3 is 17.9 Å². The molecule has 22 heavy (non-hydrogen) atoms. The topological polar surface area (TPSA) is 78.9 Å². The van der Waals surface area contributed by atoms with E-state index in [1.165, 1.54) is 13.2 Å². The molecule has 1 aliphatic carbocycles. The van der Waals surface area contributed by atoms with E-state index >= 15 is 0 Å². The van der Waals surface area contributed by atoms with Gasteiger partial charge in [-0.15, -0.1) is 6.58 Å². The van der Waals surface area contributed by atoms with E-state index in [9.17, 15) is 14.4 Å². The molecule has 0 N–H and O–H groups in total. The molecular weight excluding hydrogens is 288 g/mol. The minimum atomic E-state index is -1.43. The lowest BCUT2D eigenvalue weighted by atomic mass is 9.85. The van der Waals surface area contributed by atoms with Crippen LogP contribution in [0.25, 0.3) is 0 Å². The van der Waals surface area contributed by atoms with Gasteiger partial charge in [0.1, 0.15) is 0 Å². The van der Waals surface area contributed by atoms with Gasteiger partial charge in [-0.25, -0.2) is 4.79 Å². The summed E-state index contributed by atoms with van der Waals surface area (Å²) in [6.07, 6.45) is 3.15. The molecule has 0 radical (unpaired) electrons. The van der Waals surface area contributed by atoms with Crippen LogP contribution in [0.3, 0.4) is 0 Å². The first-order chi connectivity index (χ1) is 10.4. The molecule has 1 rings (SSSR count). The minimum absolute atomic E-state index is 0.0659. The third-order valence-corrected chi connectivity index (χ3v) is 3.67. The third-order valence-electron chi connectivity index (χ3n) is 3.67. The molecule has 0 aromatic heterocycles. The van der Waals surface area contributed by atoms with E-state index in [1.807, 2.05) is 0 Å². The predicted octanol–water partition coefficient (Wildman–Crippen LogP) is 1.79. The van der Waals surface area contributed by atoms with Gasteiger partial charge in [0, 0.05) is 6.08 Å². The Morgan fingerprint density at radius 1 is 1.23 bits per heavy atom. The molecule has 122 valence electrons. The van der Waals surface area contributed by atoms with Gasteiger partial charge in [-0.2, -0.15) is 0 Å². The molecule has 1 aliphatic rings. The van der Waals surface area contributed by atoms with E-state index in [2.05, 4.69) is 11.3 Å². The SMILES string of the molecule is C=C[C@H]1CC(C(=O)OCC)(C(=O)OCC)C/C1=C\C(=O)OC. The van der Waals surface area contributed by atoms with Crippen molar-refractivity contribution >= 4 is 17.9 Å². The number of carbonyl (C=O) groups excluding carboxylic acids is 3. The Morgan fingerprint density at radius 3 is 2.18 bits per heavy atom. The summed E-state index contributed by atoms with van der Waals surface area (Å²) >= 11 is 0. The molecule has 0 amide bonds. The number of hydrogen-bond donors (Lipinski definition) is 0. The van der Waals surface area contributed by atoms with Gasteiger partial charge in [0.05, 0.1) is 20.3 Å². The van der Waals surface area contributed by atoms with Crippen LogP contribution in [0.5, 0.6) is 0 Å². The fourth-order valence-corrected chi connectivity index (χ4v) is 2.59. The van der Waals surface area contributed by atoms with Crippen LogP contribution in [-0.2, 0) is 28.6 Å². The van der Waals surface area contributed by atoms with Crippen LogP contribution in [0, 0.1) is 11.3 Å². The summed E-state index contributed by atoms with van der Waals surface area (Å²) in [7, 11) is 1.27. The molecule has 0 aliphatic heterocycles. The highest BCUT2D eigenvalue weighted by molar-refractivity contribution is 6.01. The van der Waals surface area contributed by atoms with Crippen molar-refractivity contribution in [3.8, 4) is 0 Å². The molecule has 1 fully saturated rings. The summed E-state index contributed by atoms with van der Waals surface area (Å²) in [5, 5.41) is 0. The first kappa shape index (κ1) is 17.9. The minimum Gasteiger partial charge on any atom is -0.466 e. The molecule has 6 heteroatoms. The Hall–Kier alpha value is -2.11. The highest BCUT2D eigenvalue weighted by atomic mass is 16.6. The lowest BCUT2D eigenvalue weighted by molar-refractivity contribution is -0.171. The normalized spacial score (nSPS) is 21.2. The maximum Gasteiger partial charge on any atom is 0.330 e. The summed E-state index contributed by atoms with van der Waals surface area (Å²) in [4.78, 5) is 36.2. The molecule has 0 heterocycles. The molecule has 0 aromatic rings. The molecule has 1 atom stereocenters. The van der Waals surface area contributed by atoms with Crippen molar-refractivity contribution in [3.63, 3.8) is 0 Å². The summed E-state index contributed by atoms with van der Waals surface area (Å²) in [6, 6.07) is 0. The van der Waals surface area contributed by atoms with Gasteiger partial charge in [-0.3, -0.25) is 9.59 Å². The van der Waals surface area contributed by atoms with Crippen LogP contribution in [0.15, 0.2) is 24.3 Å². The maximum absolute atomic E-state index is 12.3. The molecule has 0 aromatic carbocycles. The van der Waals surface area contributed by atoms with Gasteiger partial charge in [-0.05, 0) is 32.6 Å². The maximum atomic E-state index is 12.3. The van der Waals surface area contributed by atoms with Crippen LogP contribution in [-0.4, -0.2) is 38.2 Å². The van der Waals surface area contributed by atoms with E-state index in [0.717, 1.165) is 0 Å². The fraction of sp³-hybridized carbons (Fsp3) is 0.562. The average molecular weight is 310 g/mol. The summed E-state index contributed by atoms with van der Waals surface area (Å²) < 4.78 is 14.7. The van der Waals surface area contributed by atoms with Crippen molar-refractivity contribution in [1.29, 1.82) is 0 Å². The standard InChI is InChI=1S/C16H22O6/c1-5-11-9-16(14(18)21-6-2,15(19)22-7-3)10-12(11)8-13(17)20-4/h5,8,11H,1,6-7,9-10H2,2-4H3/b12-8+/t11-/m0/s1. The number of esters is 3. The van der Waals surface area contributed by atoms with Crippen LogP contribution in [0.1, 0.15) is 26.7 Å². The molecule has 6 nitrogen and oxygen atoms in total. The number of rotatable bonds is 6. The Morgan fingerprint density at radius 2 is 1.77 bits per heavy atom. The number of carbonyl (C=O) groups is 3. The lowest BCUT2D eigenvalue weighted by Gasteiger charge is -2.24. The highest BCUT2D eigenvalue weighted by Gasteiger charge is 2.55. The Kier molecular flexibility index (Phi) is 6.34. The quantitative estimate of drug-likeness (QED) is 0.245. The Balaban J connectivity index is 3.21. The Bertz CT molecular complexity index is 473. The monoisotopic (exact) mass is 310 g/mol. The predicted molar refractivity (Wildman–Crippen MR) is 78.7 cm³/mol.